The van der Waals surface area contributed by atoms with E-state index in [9.17, 15) is 19.5 Å². The Balaban J connectivity index is 1.61. The standard InChI is InChI=1S/C24H30N2O7/c1-16-17-13-20(32-12-9-25-7-10-31-11-8-25)22(29)19(15-27)23(17)33-24(30)18(16)14-21(28)26-5-3-2-4-6-26/h13,15,29H,2-12,14H2,1H3. The largest absolute Gasteiger partial charge is 0.504 e. The van der Waals surface area contributed by atoms with Gasteiger partial charge in [0.05, 0.1) is 25.2 Å². The van der Waals surface area contributed by atoms with Gasteiger partial charge < -0.3 is 23.9 Å². The molecule has 2 aliphatic heterocycles. The highest BCUT2D eigenvalue weighted by Gasteiger charge is 2.24. The molecule has 1 aromatic carbocycles. The molecule has 2 aromatic rings. The maximum Gasteiger partial charge on any atom is 0.340 e. The maximum absolute atomic E-state index is 12.8. The predicted octanol–water partition coefficient (Wildman–Crippen LogP) is 1.89. The number of morpholine rings is 1. The van der Waals surface area contributed by atoms with Gasteiger partial charge in [0.2, 0.25) is 5.91 Å². The first-order valence-corrected chi connectivity index (χ1v) is 11.5. The van der Waals surface area contributed by atoms with Crippen molar-refractivity contribution >= 4 is 23.2 Å². The molecule has 2 saturated heterocycles. The van der Waals surface area contributed by atoms with Gasteiger partial charge in [-0.05, 0) is 37.8 Å². The molecule has 4 rings (SSSR count). The molecule has 3 heterocycles. The van der Waals surface area contributed by atoms with Crippen LogP contribution in [0.1, 0.15) is 40.7 Å². The second-order valence-electron chi connectivity index (χ2n) is 8.55. The molecule has 0 spiro atoms. The lowest BCUT2D eigenvalue weighted by Crippen LogP contribution is -2.38. The van der Waals surface area contributed by atoms with Gasteiger partial charge in [0.15, 0.2) is 23.4 Å². The van der Waals surface area contributed by atoms with Gasteiger partial charge >= 0.3 is 5.63 Å². The molecule has 33 heavy (non-hydrogen) atoms. The number of benzene rings is 1. The normalized spacial score (nSPS) is 17.3. The van der Waals surface area contributed by atoms with Crippen molar-refractivity contribution in [3.63, 3.8) is 0 Å². The van der Waals surface area contributed by atoms with Crippen molar-refractivity contribution in [1.29, 1.82) is 0 Å². The molecule has 0 atom stereocenters. The first-order valence-electron chi connectivity index (χ1n) is 11.5. The average Bonchev–Trinajstić information content (AvgIpc) is 2.84. The molecule has 1 amide bonds. The second kappa shape index (κ2) is 10.4. The third-order valence-electron chi connectivity index (χ3n) is 6.47. The molecule has 9 heteroatoms. The number of hydrogen-bond acceptors (Lipinski definition) is 8. The molecule has 178 valence electrons. The van der Waals surface area contributed by atoms with E-state index in [1.54, 1.807) is 17.9 Å². The molecule has 2 aliphatic rings. The number of likely N-dealkylation sites (tertiary alicyclic amines) is 1. The number of ether oxygens (including phenoxy) is 2. The number of carbonyl (C=O) groups is 2. The average molecular weight is 459 g/mol. The Morgan fingerprint density at radius 1 is 1.18 bits per heavy atom. The minimum absolute atomic E-state index is 0.000277. The highest BCUT2D eigenvalue weighted by Crippen LogP contribution is 2.37. The molecule has 1 N–H and O–H groups in total. The number of aromatic hydroxyl groups is 1. The Bertz CT molecular complexity index is 1080. The molecule has 0 unspecified atom stereocenters. The van der Waals surface area contributed by atoms with Crippen LogP contribution in [0.25, 0.3) is 11.0 Å². The van der Waals surface area contributed by atoms with Gasteiger partial charge in [-0.1, -0.05) is 0 Å². The van der Waals surface area contributed by atoms with Gasteiger partial charge in [0.1, 0.15) is 12.2 Å². The van der Waals surface area contributed by atoms with Crippen LogP contribution in [0, 0.1) is 6.92 Å². The van der Waals surface area contributed by atoms with Crippen LogP contribution in [0.4, 0.5) is 0 Å². The Hall–Kier alpha value is -2.91. The zero-order chi connectivity index (χ0) is 23.4. The Kier molecular flexibility index (Phi) is 7.29. The number of fused-ring (bicyclic) bond motifs is 1. The number of piperidine rings is 1. The summed E-state index contributed by atoms with van der Waals surface area (Å²) in [6.45, 7) is 7.05. The number of phenols is 1. The van der Waals surface area contributed by atoms with Gasteiger partial charge in [-0.15, -0.1) is 0 Å². The molecule has 0 radical (unpaired) electrons. The zero-order valence-corrected chi connectivity index (χ0v) is 18.9. The number of rotatable bonds is 7. The van der Waals surface area contributed by atoms with Crippen LogP contribution < -0.4 is 10.4 Å². The zero-order valence-electron chi connectivity index (χ0n) is 18.9. The van der Waals surface area contributed by atoms with Crippen molar-refractivity contribution in [2.24, 2.45) is 0 Å². The molecule has 2 fully saturated rings. The van der Waals surface area contributed by atoms with Crippen LogP contribution in [0.2, 0.25) is 0 Å². The quantitative estimate of drug-likeness (QED) is 0.495. The lowest BCUT2D eigenvalue weighted by molar-refractivity contribution is -0.131. The van der Waals surface area contributed by atoms with Crippen molar-refractivity contribution in [2.45, 2.75) is 32.6 Å². The molecule has 1 aromatic heterocycles. The van der Waals surface area contributed by atoms with E-state index in [0.717, 1.165) is 32.4 Å². The topological polar surface area (TPSA) is 110 Å². The van der Waals surface area contributed by atoms with Gasteiger partial charge in [0.25, 0.3) is 0 Å². The van der Waals surface area contributed by atoms with E-state index in [1.807, 2.05) is 0 Å². The Morgan fingerprint density at radius 2 is 1.91 bits per heavy atom. The van der Waals surface area contributed by atoms with E-state index in [0.29, 0.717) is 56.7 Å². The summed E-state index contributed by atoms with van der Waals surface area (Å²) in [6, 6.07) is 1.57. The maximum atomic E-state index is 12.8. The summed E-state index contributed by atoms with van der Waals surface area (Å²) in [5.74, 6) is -0.330. The van der Waals surface area contributed by atoms with E-state index in [1.165, 1.54) is 0 Å². The molecule has 0 aliphatic carbocycles. The molecular weight excluding hydrogens is 428 g/mol. The van der Waals surface area contributed by atoms with Gasteiger partial charge in [0, 0.05) is 38.1 Å². The van der Waals surface area contributed by atoms with E-state index >= 15 is 0 Å². The van der Waals surface area contributed by atoms with Gasteiger partial charge in [-0.3, -0.25) is 14.5 Å². The first kappa shape index (κ1) is 23.3. The fourth-order valence-electron chi connectivity index (χ4n) is 4.45. The lowest BCUT2D eigenvalue weighted by atomic mass is 10.00. The number of amides is 1. The SMILES string of the molecule is Cc1c(CC(=O)N2CCCCC2)c(=O)oc2c(C=O)c(O)c(OCCN3CCOCC3)cc12. The fraction of sp³-hybridized carbons (Fsp3) is 0.542. The number of carbonyl (C=O) groups excluding carboxylic acids is 2. The van der Waals surface area contributed by atoms with E-state index in [2.05, 4.69) is 4.90 Å². The first-order chi connectivity index (χ1) is 16.0. The van der Waals surface area contributed by atoms with Crippen molar-refractivity contribution in [3.05, 3.63) is 33.2 Å². The van der Waals surface area contributed by atoms with Crippen LogP contribution in [-0.4, -0.2) is 79.6 Å². The summed E-state index contributed by atoms with van der Waals surface area (Å²) in [5, 5.41) is 11.0. The highest BCUT2D eigenvalue weighted by atomic mass is 16.5. The number of aryl methyl sites for hydroxylation is 1. The van der Waals surface area contributed by atoms with E-state index in [4.69, 9.17) is 13.9 Å². The highest BCUT2D eigenvalue weighted by molar-refractivity contribution is 6.00. The smallest absolute Gasteiger partial charge is 0.340 e. The van der Waals surface area contributed by atoms with Crippen LogP contribution in [-0.2, 0) is 16.0 Å². The minimum atomic E-state index is -0.672. The molecular formula is C24H30N2O7. The number of phenolic OH excluding ortho intramolecular Hbond substituents is 1. The second-order valence-corrected chi connectivity index (χ2v) is 8.55. The van der Waals surface area contributed by atoms with Crippen molar-refractivity contribution in [2.75, 3.05) is 52.5 Å². The van der Waals surface area contributed by atoms with Gasteiger partial charge in [-0.25, -0.2) is 4.79 Å². The van der Waals surface area contributed by atoms with Crippen LogP contribution in [0.5, 0.6) is 11.5 Å². The summed E-state index contributed by atoms with van der Waals surface area (Å²) < 4.78 is 16.6. The minimum Gasteiger partial charge on any atom is -0.504 e. The number of hydrogen-bond donors (Lipinski definition) is 1. The monoisotopic (exact) mass is 458 g/mol. The van der Waals surface area contributed by atoms with E-state index in [-0.39, 0.29) is 40.5 Å². The summed E-state index contributed by atoms with van der Waals surface area (Å²) in [7, 11) is 0. The summed E-state index contributed by atoms with van der Waals surface area (Å²) in [5.41, 5.74) is 0.00384. The molecule has 0 saturated carbocycles. The summed E-state index contributed by atoms with van der Waals surface area (Å²) in [4.78, 5) is 41.2. The fourth-order valence-corrected chi connectivity index (χ4v) is 4.45. The Morgan fingerprint density at radius 3 is 2.61 bits per heavy atom. The van der Waals surface area contributed by atoms with Crippen LogP contribution >= 0.6 is 0 Å². The summed E-state index contributed by atoms with van der Waals surface area (Å²) in [6.07, 6.45) is 3.42. The summed E-state index contributed by atoms with van der Waals surface area (Å²) >= 11 is 0. The van der Waals surface area contributed by atoms with Crippen molar-refractivity contribution in [3.8, 4) is 11.5 Å². The molecule has 9 nitrogen and oxygen atoms in total. The number of aldehydes is 1. The van der Waals surface area contributed by atoms with Crippen LogP contribution in [0.3, 0.4) is 0 Å². The third kappa shape index (κ3) is 5.04. The third-order valence-corrected chi connectivity index (χ3v) is 6.47. The van der Waals surface area contributed by atoms with Gasteiger partial charge in [-0.2, -0.15) is 0 Å². The lowest BCUT2D eigenvalue weighted by Gasteiger charge is -2.27. The predicted molar refractivity (Wildman–Crippen MR) is 121 cm³/mol. The van der Waals surface area contributed by atoms with Crippen molar-refractivity contribution in [1.82, 2.24) is 9.80 Å². The van der Waals surface area contributed by atoms with E-state index < -0.39 is 5.63 Å². The Labute approximate surface area is 191 Å². The number of nitrogens with zero attached hydrogens (tertiary/aromatic N) is 2. The molecule has 0 bridgehead atoms. The van der Waals surface area contributed by atoms with Crippen molar-refractivity contribution < 1.29 is 28.6 Å². The van der Waals surface area contributed by atoms with Crippen LogP contribution in [0.15, 0.2) is 15.3 Å².